The van der Waals surface area contributed by atoms with Crippen molar-refractivity contribution in [3.8, 4) is 0 Å². The fourth-order valence-electron chi connectivity index (χ4n) is 2.80. The Morgan fingerprint density at radius 3 is 2.86 bits per heavy atom. The highest BCUT2D eigenvalue weighted by molar-refractivity contribution is 5.76. The molecule has 0 aromatic carbocycles. The van der Waals surface area contributed by atoms with Crippen molar-refractivity contribution in [3.05, 3.63) is 12.7 Å². The first-order valence-corrected chi connectivity index (χ1v) is 7.50. The number of likely N-dealkylation sites (tertiary alicyclic amines) is 1. The summed E-state index contributed by atoms with van der Waals surface area (Å²) >= 11 is 0. The van der Waals surface area contributed by atoms with Crippen LogP contribution in [0.1, 0.15) is 44.9 Å². The van der Waals surface area contributed by atoms with E-state index in [1.54, 1.807) is 11.0 Å². The van der Waals surface area contributed by atoms with Crippen molar-refractivity contribution < 1.29 is 14.7 Å². The minimum absolute atomic E-state index is 0.0914. The second-order valence-electron chi connectivity index (χ2n) is 5.43. The largest absolute Gasteiger partial charge is 0.481 e. The first kappa shape index (κ1) is 15.5. The van der Waals surface area contributed by atoms with Crippen LogP contribution in [-0.4, -0.2) is 49.2 Å². The average Bonchev–Trinajstić information content (AvgIpc) is 2.98. The number of nitrogens with zero attached hydrogens (tertiary/aromatic N) is 4. The van der Waals surface area contributed by atoms with E-state index in [4.69, 9.17) is 5.11 Å². The predicted octanol–water partition coefficient (Wildman–Crippen LogP) is 1.30. The van der Waals surface area contributed by atoms with E-state index in [0.29, 0.717) is 19.4 Å². The zero-order chi connectivity index (χ0) is 15.1. The first-order chi connectivity index (χ1) is 10.2. The monoisotopic (exact) mass is 294 g/mol. The van der Waals surface area contributed by atoms with Crippen molar-refractivity contribution in [2.24, 2.45) is 0 Å². The van der Waals surface area contributed by atoms with E-state index in [1.807, 2.05) is 4.90 Å². The molecule has 0 unspecified atom stereocenters. The number of aromatic nitrogens is 3. The molecule has 0 aliphatic carbocycles. The molecule has 1 atom stereocenters. The third-order valence-corrected chi connectivity index (χ3v) is 3.88. The van der Waals surface area contributed by atoms with E-state index >= 15 is 0 Å². The molecule has 1 fully saturated rings. The van der Waals surface area contributed by atoms with E-state index in [0.717, 1.165) is 32.2 Å². The lowest BCUT2D eigenvalue weighted by molar-refractivity contribution is -0.140. The number of amides is 1. The Morgan fingerprint density at radius 1 is 1.29 bits per heavy atom. The maximum atomic E-state index is 12.3. The molecular formula is C14H22N4O3. The number of aliphatic carboxylic acids is 1. The summed E-state index contributed by atoms with van der Waals surface area (Å²) in [6.07, 6.45) is 8.02. The highest BCUT2D eigenvalue weighted by atomic mass is 16.4. The molecule has 2 heterocycles. The summed E-state index contributed by atoms with van der Waals surface area (Å²) in [5.41, 5.74) is 0. The van der Waals surface area contributed by atoms with Gasteiger partial charge in [-0.25, -0.2) is 4.98 Å². The topological polar surface area (TPSA) is 88.3 Å². The maximum Gasteiger partial charge on any atom is 0.303 e. The third-order valence-electron chi connectivity index (χ3n) is 3.88. The van der Waals surface area contributed by atoms with Crippen LogP contribution in [0, 0.1) is 0 Å². The van der Waals surface area contributed by atoms with Gasteiger partial charge in [0.2, 0.25) is 5.91 Å². The Balaban J connectivity index is 1.78. The highest BCUT2D eigenvalue weighted by Crippen LogP contribution is 2.22. The Hall–Kier alpha value is -1.92. The average molecular weight is 294 g/mol. The molecule has 21 heavy (non-hydrogen) atoms. The minimum Gasteiger partial charge on any atom is -0.481 e. The van der Waals surface area contributed by atoms with Gasteiger partial charge in [-0.3, -0.25) is 14.3 Å². The smallest absolute Gasteiger partial charge is 0.303 e. The molecule has 1 saturated heterocycles. The van der Waals surface area contributed by atoms with Gasteiger partial charge in [-0.05, 0) is 32.1 Å². The molecule has 7 heteroatoms. The number of aryl methyl sites for hydroxylation is 1. The molecule has 1 aliphatic heterocycles. The molecule has 0 spiro atoms. The van der Waals surface area contributed by atoms with Crippen molar-refractivity contribution >= 4 is 11.9 Å². The Morgan fingerprint density at radius 2 is 2.14 bits per heavy atom. The predicted molar refractivity (Wildman–Crippen MR) is 75.5 cm³/mol. The molecule has 1 aliphatic rings. The number of hydrogen-bond donors (Lipinski definition) is 1. The van der Waals surface area contributed by atoms with Crippen LogP contribution in [0.3, 0.4) is 0 Å². The summed E-state index contributed by atoms with van der Waals surface area (Å²) in [5, 5.41) is 12.8. The van der Waals surface area contributed by atoms with Crippen molar-refractivity contribution in [2.45, 2.75) is 57.5 Å². The third kappa shape index (κ3) is 4.84. The number of carbonyl (C=O) groups is 2. The van der Waals surface area contributed by atoms with Gasteiger partial charge in [0.15, 0.2) is 0 Å². The molecule has 7 nitrogen and oxygen atoms in total. The van der Waals surface area contributed by atoms with E-state index in [2.05, 4.69) is 10.1 Å². The zero-order valence-electron chi connectivity index (χ0n) is 12.1. The van der Waals surface area contributed by atoms with Gasteiger partial charge in [-0.15, -0.1) is 0 Å². The summed E-state index contributed by atoms with van der Waals surface area (Å²) in [4.78, 5) is 28.8. The Bertz CT molecular complexity index is 461. The van der Waals surface area contributed by atoms with Crippen LogP contribution >= 0.6 is 0 Å². The van der Waals surface area contributed by atoms with E-state index in [1.165, 1.54) is 6.33 Å². The maximum absolute atomic E-state index is 12.3. The van der Waals surface area contributed by atoms with Crippen LogP contribution in [0.25, 0.3) is 0 Å². The van der Waals surface area contributed by atoms with Crippen LogP contribution < -0.4 is 0 Å². The molecule has 2 rings (SSSR count). The van der Waals surface area contributed by atoms with Gasteiger partial charge < -0.3 is 10.0 Å². The van der Waals surface area contributed by atoms with Crippen LogP contribution in [0.4, 0.5) is 0 Å². The van der Waals surface area contributed by atoms with Crippen molar-refractivity contribution in [1.29, 1.82) is 0 Å². The SMILES string of the molecule is O=C(O)CC[C@@H]1CCCCN1C(=O)CCCn1cncn1. The summed E-state index contributed by atoms with van der Waals surface area (Å²) in [6.45, 7) is 1.44. The Kier molecular flexibility index (Phi) is 5.71. The minimum atomic E-state index is -0.792. The lowest BCUT2D eigenvalue weighted by atomic mass is 9.97. The van der Waals surface area contributed by atoms with Crippen molar-refractivity contribution in [2.75, 3.05) is 6.54 Å². The molecule has 1 amide bonds. The highest BCUT2D eigenvalue weighted by Gasteiger charge is 2.26. The molecule has 116 valence electrons. The molecule has 0 saturated carbocycles. The fraction of sp³-hybridized carbons (Fsp3) is 0.714. The number of carboxylic acid groups (broad SMARTS) is 1. The van der Waals surface area contributed by atoms with Gasteiger partial charge in [0.1, 0.15) is 12.7 Å². The van der Waals surface area contributed by atoms with Crippen LogP contribution in [0.2, 0.25) is 0 Å². The van der Waals surface area contributed by atoms with Crippen molar-refractivity contribution in [1.82, 2.24) is 19.7 Å². The number of carbonyl (C=O) groups excluding carboxylic acids is 1. The molecule has 0 bridgehead atoms. The zero-order valence-corrected chi connectivity index (χ0v) is 12.1. The van der Waals surface area contributed by atoms with Crippen molar-refractivity contribution in [3.63, 3.8) is 0 Å². The van der Waals surface area contributed by atoms with Gasteiger partial charge >= 0.3 is 5.97 Å². The second kappa shape index (κ2) is 7.75. The van der Waals surface area contributed by atoms with Crippen LogP contribution in [0.15, 0.2) is 12.7 Å². The molecule has 0 radical (unpaired) electrons. The Labute approximate surface area is 124 Å². The van der Waals surface area contributed by atoms with Crippen LogP contribution in [-0.2, 0) is 16.1 Å². The van der Waals surface area contributed by atoms with Crippen LogP contribution in [0.5, 0.6) is 0 Å². The first-order valence-electron chi connectivity index (χ1n) is 7.50. The normalized spacial score (nSPS) is 18.7. The van der Waals surface area contributed by atoms with Gasteiger partial charge in [-0.1, -0.05) is 0 Å². The lowest BCUT2D eigenvalue weighted by Gasteiger charge is -2.35. The number of rotatable bonds is 7. The van der Waals surface area contributed by atoms with Gasteiger partial charge in [0.25, 0.3) is 0 Å². The summed E-state index contributed by atoms with van der Waals surface area (Å²) in [6, 6.07) is 0.0914. The van der Waals surface area contributed by atoms with Gasteiger partial charge in [0, 0.05) is 32.0 Å². The van der Waals surface area contributed by atoms with E-state index in [-0.39, 0.29) is 18.4 Å². The number of hydrogen-bond acceptors (Lipinski definition) is 4. The fourth-order valence-corrected chi connectivity index (χ4v) is 2.80. The molecule has 1 aromatic heterocycles. The van der Waals surface area contributed by atoms with E-state index in [9.17, 15) is 9.59 Å². The number of carboxylic acids is 1. The second-order valence-corrected chi connectivity index (χ2v) is 5.43. The summed E-state index contributed by atoms with van der Waals surface area (Å²) < 4.78 is 1.71. The summed E-state index contributed by atoms with van der Waals surface area (Å²) in [7, 11) is 0. The molecule has 1 aromatic rings. The standard InChI is InChI=1S/C14H22N4O3/c19-13(5-3-8-17-11-15-10-16-17)18-9-2-1-4-12(18)6-7-14(20)21/h10-12H,1-9H2,(H,20,21)/t12-/m0/s1. The van der Waals surface area contributed by atoms with E-state index < -0.39 is 5.97 Å². The quantitative estimate of drug-likeness (QED) is 0.819. The van der Waals surface area contributed by atoms with Gasteiger partial charge in [0.05, 0.1) is 0 Å². The lowest BCUT2D eigenvalue weighted by Crippen LogP contribution is -2.43. The number of piperidine rings is 1. The molecular weight excluding hydrogens is 272 g/mol. The molecule has 1 N–H and O–H groups in total. The summed E-state index contributed by atoms with van der Waals surface area (Å²) in [5.74, 6) is -0.663. The van der Waals surface area contributed by atoms with Gasteiger partial charge in [-0.2, -0.15) is 5.10 Å².